The molecule has 0 amide bonds. The molecular formula is C27H23F2N7O. The molecule has 0 radical (unpaired) electrons. The van der Waals surface area contributed by atoms with Crippen LogP contribution in [0.5, 0.6) is 5.75 Å². The molecule has 0 unspecified atom stereocenters. The van der Waals surface area contributed by atoms with E-state index in [9.17, 15) is 8.78 Å². The Bertz CT molecular complexity index is 1580. The number of halogens is 2. The second-order valence-electron chi connectivity index (χ2n) is 8.61. The quantitative estimate of drug-likeness (QED) is 0.327. The van der Waals surface area contributed by atoms with Gasteiger partial charge in [-0.25, -0.2) is 18.7 Å². The fraction of sp³-hybridized carbons (Fsp3) is 0.185. The molecular weight excluding hydrogens is 476 g/mol. The molecule has 0 bridgehead atoms. The molecule has 3 aromatic heterocycles. The first-order chi connectivity index (χ1) is 18.1. The van der Waals surface area contributed by atoms with E-state index in [4.69, 9.17) is 19.8 Å². The zero-order valence-corrected chi connectivity index (χ0v) is 20.0. The first-order valence-electron chi connectivity index (χ1n) is 11.9. The van der Waals surface area contributed by atoms with E-state index in [1.54, 1.807) is 24.0 Å². The van der Waals surface area contributed by atoms with Crippen molar-refractivity contribution in [3.8, 4) is 17.3 Å². The van der Waals surface area contributed by atoms with Crippen molar-refractivity contribution >= 4 is 22.4 Å². The molecule has 37 heavy (non-hydrogen) atoms. The number of ether oxygens (including phenoxy) is 1. The van der Waals surface area contributed by atoms with E-state index < -0.39 is 11.6 Å². The van der Waals surface area contributed by atoms with Crippen LogP contribution in [0.3, 0.4) is 0 Å². The molecule has 186 valence electrons. The van der Waals surface area contributed by atoms with Crippen LogP contribution in [0.2, 0.25) is 0 Å². The molecule has 0 atom stereocenters. The highest BCUT2D eigenvalue weighted by Gasteiger charge is 2.23. The average molecular weight is 500 g/mol. The average Bonchev–Trinajstić information content (AvgIpc) is 3.52. The SMILES string of the molecule is CCOc1cc(F)c(Cn2nc(-c3nc4c(c(Nc5ccncc5)n3)CNC4)c3ccccc32)c(F)c1. The summed E-state index contributed by atoms with van der Waals surface area (Å²) in [6.07, 6.45) is 3.41. The molecule has 8 nitrogen and oxygen atoms in total. The van der Waals surface area contributed by atoms with Gasteiger partial charge in [0, 0.05) is 59.8 Å². The van der Waals surface area contributed by atoms with Crippen molar-refractivity contribution < 1.29 is 13.5 Å². The van der Waals surface area contributed by atoms with E-state index in [0.717, 1.165) is 27.8 Å². The van der Waals surface area contributed by atoms with E-state index in [1.165, 1.54) is 12.1 Å². The van der Waals surface area contributed by atoms with Crippen molar-refractivity contribution in [1.29, 1.82) is 0 Å². The van der Waals surface area contributed by atoms with Crippen molar-refractivity contribution in [1.82, 2.24) is 30.0 Å². The third-order valence-electron chi connectivity index (χ3n) is 6.23. The molecule has 4 heterocycles. The van der Waals surface area contributed by atoms with Crippen molar-refractivity contribution in [2.24, 2.45) is 0 Å². The highest BCUT2D eigenvalue weighted by Crippen LogP contribution is 2.32. The number of benzene rings is 2. The molecule has 6 rings (SSSR count). The number of nitrogens with zero attached hydrogens (tertiary/aromatic N) is 5. The monoisotopic (exact) mass is 499 g/mol. The molecule has 2 aromatic carbocycles. The highest BCUT2D eigenvalue weighted by atomic mass is 19.1. The number of fused-ring (bicyclic) bond motifs is 2. The molecule has 0 saturated heterocycles. The Balaban J connectivity index is 1.44. The number of aromatic nitrogens is 5. The first-order valence-corrected chi connectivity index (χ1v) is 11.9. The maximum atomic E-state index is 14.9. The maximum absolute atomic E-state index is 14.9. The van der Waals surface area contributed by atoms with Gasteiger partial charge >= 0.3 is 0 Å². The van der Waals surface area contributed by atoms with Gasteiger partial charge in [0.1, 0.15) is 28.9 Å². The standard InChI is InChI=1S/C27H23F2N7O/c1-2-37-17-11-21(28)20(22(29)12-17)15-36-24-6-4-3-5-18(24)25(35-36)27-33-23-14-31-13-19(23)26(34-27)32-16-7-9-30-10-8-16/h3-12,31H,2,13-15H2,1H3,(H,30,32,33,34). The van der Waals surface area contributed by atoms with Gasteiger partial charge in [0.15, 0.2) is 5.82 Å². The Hall–Kier alpha value is -4.44. The Morgan fingerprint density at radius 2 is 1.81 bits per heavy atom. The topological polar surface area (TPSA) is 89.8 Å². The molecule has 1 aliphatic heterocycles. The van der Waals surface area contributed by atoms with Crippen LogP contribution in [0.4, 0.5) is 20.3 Å². The summed E-state index contributed by atoms with van der Waals surface area (Å²) in [5.74, 6) is -0.108. The van der Waals surface area contributed by atoms with Crippen LogP contribution < -0.4 is 15.4 Å². The lowest BCUT2D eigenvalue weighted by molar-refractivity contribution is 0.335. The second-order valence-corrected chi connectivity index (χ2v) is 8.61. The summed E-state index contributed by atoms with van der Waals surface area (Å²) < 4.78 is 36.6. The van der Waals surface area contributed by atoms with Crippen molar-refractivity contribution in [3.63, 3.8) is 0 Å². The minimum atomic E-state index is -0.687. The van der Waals surface area contributed by atoms with Crippen LogP contribution in [0, 0.1) is 11.6 Å². The molecule has 0 saturated carbocycles. The van der Waals surface area contributed by atoms with Crippen molar-refractivity contribution in [2.45, 2.75) is 26.6 Å². The predicted octanol–water partition coefficient (Wildman–Crippen LogP) is 4.96. The van der Waals surface area contributed by atoms with Gasteiger partial charge in [0.25, 0.3) is 0 Å². The lowest BCUT2D eigenvalue weighted by Crippen LogP contribution is -2.08. The number of para-hydroxylation sites is 1. The van der Waals surface area contributed by atoms with E-state index in [2.05, 4.69) is 15.6 Å². The summed E-state index contributed by atoms with van der Waals surface area (Å²) in [7, 11) is 0. The number of hydrogen-bond donors (Lipinski definition) is 2. The van der Waals surface area contributed by atoms with Gasteiger partial charge in [0.2, 0.25) is 0 Å². The van der Waals surface area contributed by atoms with Crippen LogP contribution in [-0.4, -0.2) is 31.3 Å². The minimum absolute atomic E-state index is 0.0950. The molecule has 1 aliphatic rings. The number of rotatable bonds is 7. The third kappa shape index (κ3) is 4.36. The van der Waals surface area contributed by atoms with E-state index >= 15 is 0 Å². The van der Waals surface area contributed by atoms with Crippen LogP contribution in [0.15, 0.2) is 60.9 Å². The maximum Gasteiger partial charge on any atom is 0.183 e. The smallest absolute Gasteiger partial charge is 0.183 e. The third-order valence-corrected chi connectivity index (χ3v) is 6.23. The van der Waals surface area contributed by atoms with Gasteiger partial charge in [-0.3, -0.25) is 9.67 Å². The number of pyridine rings is 1. The summed E-state index contributed by atoms with van der Waals surface area (Å²) in [4.78, 5) is 13.7. The number of hydrogen-bond acceptors (Lipinski definition) is 7. The van der Waals surface area contributed by atoms with E-state index in [1.807, 2.05) is 36.4 Å². The summed E-state index contributed by atoms with van der Waals surface area (Å²) >= 11 is 0. The highest BCUT2D eigenvalue weighted by molar-refractivity contribution is 5.92. The fourth-order valence-electron chi connectivity index (χ4n) is 4.49. The molecule has 5 aromatic rings. The van der Waals surface area contributed by atoms with Gasteiger partial charge in [-0.05, 0) is 25.1 Å². The summed E-state index contributed by atoms with van der Waals surface area (Å²) in [6.45, 7) is 3.24. The van der Waals surface area contributed by atoms with Gasteiger partial charge in [-0.2, -0.15) is 5.10 Å². The molecule has 2 N–H and O–H groups in total. The molecule has 10 heteroatoms. The van der Waals surface area contributed by atoms with Gasteiger partial charge in [-0.1, -0.05) is 18.2 Å². The fourth-order valence-corrected chi connectivity index (χ4v) is 4.49. The van der Waals surface area contributed by atoms with Crippen LogP contribution in [0.25, 0.3) is 22.4 Å². The Kier molecular flexibility index (Phi) is 5.93. The minimum Gasteiger partial charge on any atom is -0.494 e. The van der Waals surface area contributed by atoms with E-state index in [-0.39, 0.29) is 17.9 Å². The largest absolute Gasteiger partial charge is 0.494 e. The Labute approximate surface area is 211 Å². The Morgan fingerprint density at radius 3 is 2.59 bits per heavy atom. The van der Waals surface area contributed by atoms with Crippen LogP contribution in [0.1, 0.15) is 23.7 Å². The Morgan fingerprint density at radius 1 is 1.03 bits per heavy atom. The van der Waals surface area contributed by atoms with Gasteiger partial charge in [-0.15, -0.1) is 0 Å². The summed E-state index contributed by atoms with van der Waals surface area (Å²) in [5, 5.41) is 12.2. The number of nitrogens with one attached hydrogen (secondary N) is 2. The van der Waals surface area contributed by atoms with E-state index in [0.29, 0.717) is 37.0 Å². The second kappa shape index (κ2) is 9.55. The van der Waals surface area contributed by atoms with Crippen LogP contribution in [-0.2, 0) is 19.6 Å². The van der Waals surface area contributed by atoms with Crippen molar-refractivity contribution in [3.05, 3.63) is 89.4 Å². The predicted molar refractivity (Wildman–Crippen MR) is 135 cm³/mol. The summed E-state index contributed by atoms with van der Waals surface area (Å²) in [6, 6.07) is 13.6. The first kappa shape index (κ1) is 23.0. The lowest BCUT2D eigenvalue weighted by Gasteiger charge is -2.11. The summed E-state index contributed by atoms with van der Waals surface area (Å²) in [5.41, 5.74) is 3.88. The number of anilines is 2. The normalized spacial score (nSPS) is 12.6. The van der Waals surface area contributed by atoms with Gasteiger partial charge in [0.05, 0.1) is 24.4 Å². The lowest BCUT2D eigenvalue weighted by atomic mass is 10.1. The molecule has 0 aliphatic carbocycles. The van der Waals surface area contributed by atoms with Crippen molar-refractivity contribution in [2.75, 3.05) is 11.9 Å². The van der Waals surface area contributed by atoms with Gasteiger partial charge < -0.3 is 15.4 Å². The zero-order valence-electron chi connectivity index (χ0n) is 20.0. The molecule has 0 fully saturated rings. The van der Waals surface area contributed by atoms with Crippen LogP contribution >= 0.6 is 0 Å². The molecule has 0 spiro atoms. The zero-order chi connectivity index (χ0) is 25.4.